The van der Waals surface area contributed by atoms with Gasteiger partial charge in [-0.05, 0) is 25.2 Å². The molecule has 102 valence electrons. The predicted octanol–water partition coefficient (Wildman–Crippen LogP) is 1.69. The highest BCUT2D eigenvalue weighted by Crippen LogP contribution is 2.28. The maximum absolute atomic E-state index is 12.0. The van der Waals surface area contributed by atoms with E-state index in [4.69, 9.17) is 0 Å². The largest absolute Gasteiger partial charge is 0.343 e. The molecule has 0 aromatic carbocycles. The molecule has 0 aromatic rings. The molecule has 1 atom stereocenters. The van der Waals surface area contributed by atoms with Crippen LogP contribution in [0.2, 0.25) is 0 Å². The summed E-state index contributed by atoms with van der Waals surface area (Å²) in [4.78, 5) is 25.3. The lowest BCUT2D eigenvalue weighted by molar-refractivity contribution is -0.144. The van der Waals surface area contributed by atoms with Crippen molar-refractivity contribution in [3.63, 3.8) is 0 Å². The van der Waals surface area contributed by atoms with Gasteiger partial charge in [0.2, 0.25) is 11.8 Å². The first-order valence-electron chi connectivity index (χ1n) is 7.29. The van der Waals surface area contributed by atoms with E-state index in [2.05, 4.69) is 5.32 Å². The summed E-state index contributed by atoms with van der Waals surface area (Å²) in [6, 6.07) is -0.294. The van der Waals surface area contributed by atoms with Crippen LogP contribution in [0.15, 0.2) is 0 Å². The van der Waals surface area contributed by atoms with Crippen LogP contribution < -0.4 is 5.32 Å². The van der Waals surface area contributed by atoms with Gasteiger partial charge in [-0.3, -0.25) is 9.59 Å². The number of nitrogens with one attached hydrogen (secondary N) is 1. The van der Waals surface area contributed by atoms with Crippen molar-refractivity contribution in [1.29, 1.82) is 0 Å². The minimum atomic E-state index is -0.294. The Bertz CT molecular complexity index is 311. The first kappa shape index (κ1) is 13.4. The van der Waals surface area contributed by atoms with Crippen LogP contribution >= 0.6 is 0 Å². The molecule has 1 N–H and O–H groups in total. The van der Waals surface area contributed by atoms with Crippen LogP contribution in [-0.4, -0.2) is 35.8 Å². The van der Waals surface area contributed by atoms with E-state index in [1.807, 2.05) is 6.92 Å². The third kappa shape index (κ3) is 3.24. The molecule has 1 unspecified atom stereocenters. The Kier molecular flexibility index (Phi) is 4.61. The normalized spacial score (nSPS) is 25.6. The first-order valence-corrected chi connectivity index (χ1v) is 7.29. The van der Waals surface area contributed by atoms with E-state index in [1.54, 1.807) is 4.90 Å². The number of piperazine rings is 1. The SMILES string of the molecule is CCC1NC(=O)CN(CCCC2CCCC2)C1=O. The molecule has 2 amide bonds. The Morgan fingerprint density at radius 2 is 2.00 bits per heavy atom. The van der Waals surface area contributed by atoms with E-state index in [9.17, 15) is 9.59 Å². The molecular weight excluding hydrogens is 228 g/mol. The number of carbonyl (C=O) groups is 2. The fraction of sp³-hybridized carbons (Fsp3) is 0.857. The molecule has 1 saturated heterocycles. The van der Waals surface area contributed by atoms with Crippen molar-refractivity contribution in [2.24, 2.45) is 5.92 Å². The molecule has 0 aromatic heterocycles. The van der Waals surface area contributed by atoms with Gasteiger partial charge in [0.05, 0.1) is 6.54 Å². The molecule has 1 aliphatic carbocycles. The fourth-order valence-electron chi connectivity index (χ4n) is 3.11. The van der Waals surface area contributed by atoms with Crippen molar-refractivity contribution < 1.29 is 9.59 Å². The van der Waals surface area contributed by atoms with Gasteiger partial charge in [0.1, 0.15) is 6.04 Å². The second kappa shape index (κ2) is 6.21. The molecule has 0 radical (unpaired) electrons. The number of carbonyl (C=O) groups excluding carboxylic acids is 2. The highest BCUT2D eigenvalue weighted by molar-refractivity contribution is 5.94. The third-order valence-corrected chi connectivity index (χ3v) is 4.20. The van der Waals surface area contributed by atoms with Crippen LogP contribution in [0.5, 0.6) is 0 Å². The average molecular weight is 252 g/mol. The molecule has 0 bridgehead atoms. The molecule has 4 nitrogen and oxygen atoms in total. The minimum Gasteiger partial charge on any atom is -0.343 e. The van der Waals surface area contributed by atoms with Crippen LogP contribution in [-0.2, 0) is 9.59 Å². The van der Waals surface area contributed by atoms with Gasteiger partial charge in [0.15, 0.2) is 0 Å². The summed E-state index contributed by atoms with van der Waals surface area (Å²) in [5, 5.41) is 2.75. The van der Waals surface area contributed by atoms with E-state index in [-0.39, 0.29) is 24.4 Å². The summed E-state index contributed by atoms with van der Waals surface area (Å²) in [6.45, 7) is 2.93. The molecule has 1 saturated carbocycles. The molecule has 2 rings (SSSR count). The molecular formula is C14H24N2O2. The summed E-state index contributed by atoms with van der Waals surface area (Å²) in [7, 11) is 0. The quantitative estimate of drug-likeness (QED) is 0.809. The summed E-state index contributed by atoms with van der Waals surface area (Å²) >= 11 is 0. The topological polar surface area (TPSA) is 49.4 Å². The zero-order chi connectivity index (χ0) is 13.0. The smallest absolute Gasteiger partial charge is 0.245 e. The van der Waals surface area contributed by atoms with Gasteiger partial charge in [-0.15, -0.1) is 0 Å². The van der Waals surface area contributed by atoms with Crippen LogP contribution in [0, 0.1) is 5.92 Å². The number of amides is 2. The van der Waals surface area contributed by atoms with Crippen molar-refractivity contribution in [2.45, 2.75) is 57.9 Å². The molecule has 4 heteroatoms. The van der Waals surface area contributed by atoms with Gasteiger partial charge in [-0.2, -0.15) is 0 Å². The number of hydrogen-bond donors (Lipinski definition) is 1. The highest BCUT2D eigenvalue weighted by Gasteiger charge is 2.30. The lowest BCUT2D eigenvalue weighted by atomic mass is 10.0. The monoisotopic (exact) mass is 252 g/mol. The lowest BCUT2D eigenvalue weighted by Crippen LogP contribution is -2.57. The van der Waals surface area contributed by atoms with Crippen molar-refractivity contribution in [3.8, 4) is 0 Å². The Morgan fingerprint density at radius 3 is 2.67 bits per heavy atom. The number of rotatable bonds is 5. The zero-order valence-electron chi connectivity index (χ0n) is 11.3. The van der Waals surface area contributed by atoms with E-state index in [0.29, 0.717) is 6.42 Å². The van der Waals surface area contributed by atoms with Gasteiger partial charge in [0.25, 0.3) is 0 Å². The minimum absolute atomic E-state index is 0.0117. The first-order chi connectivity index (χ1) is 8.70. The predicted molar refractivity (Wildman–Crippen MR) is 70.0 cm³/mol. The van der Waals surface area contributed by atoms with Crippen LogP contribution in [0.4, 0.5) is 0 Å². The molecule has 18 heavy (non-hydrogen) atoms. The summed E-state index contributed by atoms with van der Waals surface area (Å²) < 4.78 is 0. The Hall–Kier alpha value is -1.06. The Morgan fingerprint density at radius 1 is 1.28 bits per heavy atom. The van der Waals surface area contributed by atoms with Crippen molar-refractivity contribution >= 4 is 11.8 Å². The molecule has 1 heterocycles. The number of hydrogen-bond acceptors (Lipinski definition) is 2. The van der Waals surface area contributed by atoms with Crippen molar-refractivity contribution in [1.82, 2.24) is 10.2 Å². The van der Waals surface area contributed by atoms with Gasteiger partial charge in [-0.25, -0.2) is 0 Å². The zero-order valence-corrected chi connectivity index (χ0v) is 11.3. The van der Waals surface area contributed by atoms with E-state index in [0.717, 1.165) is 18.9 Å². The molecule has 2 fully saturated rings. The average Bonchev–Trinajstić information content (AvgIpc) is 2.86. The van der Waals surface area contributed by atoms with Crippen molar-refractivity contribution in [2.75, 3.05) is 13.1 Å². The van der Waals surface area contributed by atoms with Gasteiger partial charge in [-0.1, -0.05) is 32.6 Å². The third-order valence-electron chi connectivity index (χ3n) is 4.20. The highest BCUT2D eigenvalue weighted by atomic mass is 16.2. The fourth-order valence-corrected chi connectivity index (χ4v) is 3.11. The summed E-state index contributed by atoms with van der Waals surface area (Å²) in [5.41, 5.74) is 0. The molecule has 0 spiro atoms. The van der Waals surface area contributed by atoms with Gasteiger partial charge < -0.3 is 10.2 Å². The standard InChI is InChI=1S/C14H24N2O2/c1-2-12-14(18)16(10-13(17)15-12)9-5-8-11-6-3-4-7-11/h11-12H,2-10H2,1H3,(H,15,17). The van der Waals surface area contributed by atoms with Crippen LogP contribution in [0.1, 0.15) is 51.9 Å². The lowest BCUT2D eigenvalue weighted by Gasteiger charge is -2.32. The summed E-state index contributed by atoms with van der Waals surface area (Å²) in [6.07, 6.45) is 8.38. The molecule has 1 aliphatic heterocycles. The summed E-state index contributed by atoms with van der Waals surface area (Å²) in [5.74, 6) is 0.950. The van der Waals surface area contributed by atoms with Gasteiger partial charge >= 0.3 is 0 Å². The van der Waals surface area contributed by atoms with Gasteiger partial charge in [0, 0.05) is 6.54 Å². The van der Waals surface area contributed by atoms with Crippen LogP contribution in [0.3, 0.4) is 0 Å². The van der Waals surface area contributed by atoms with E-state index >= 15 is 0 Å². The number of nitrogens with zero attached hydrogens (tertiary/aromatic N) is 1. The maximum Gasteiger partial charge on any atom is 0.245 e. The van der Waals surface area contributed by atoms with E-state index in [1.165, 1.54) is 32.1 Å². The molecule has 2 aliphatic rings. The van der Waals surface area contributed by atoms with E-state index < -0.39 is 0 Å². The van der Waals surface area contributed by atoms with Crippen LogP contribution in [0.25, 0.3) is 0 Å². The second-order valence-electron chi connectivity index (χ2n) is 5.58. The Labute approximate surface area is 109 Å². The Balaban J connectivity index is 1.76. The second-order valence-corrected chi connectivity index (χ2v) is 5.58. The maximum atomic E-state index is 12.0. The van der Waals surface area contributed by atoms with Crippen molar-refractivity contribution in [3.05, 3.63) is 0 Å².